The third-order valence-corrected chi connectivity index (χ3v) is 4.23. The summed E-state index contributed by atoms with van der Waals surface area (Å²) in [5, 5.41) is 6.53. The molecule has 1 amide bonds. The Morgan fingerprint density at radius 3 is 2.63 bits per heavy atom. The molecule has 2 rings (SSSR count). The lowest BCUT2D eigenvalue weighted by Gasteiger charge is -2.28. The van der Waals surface area contributed by atoms with Gasteiger partial charge in [0.25, 0.3) is 0 Å². The number of hydrogen-bond acceptors (Lipinski definition) is 2. The van der Waals surface area contributed by atoms with E-state index in [0.717, 1.165) is 25.1 Å². The summed E-state index contributed by atoms with van der Waals surface area (Å²) in [6, 6.07) is 10.2. The van der Waals surface area contributed by atoms with Crippen LogP contribution in [-0.4, -0.2) is 25.0 Å². The van der Waals surface area contributed by atoms with Crippen LogP contribution in [0.4, 0.5) is 0 Å². The summed E-state index contributed by atoms with van der Waals surface area (Å²) in [5.41, 5.74) is 0.575. The van der Waals surface area contributed by atoms with Gasteiger partial charge in [0.15, 0.2) is 0 Å². The van der Waals surface area contributed by atoms with Crippen molar-refractivity contribution in [3.63, 3.8) is 0 Å². The highest BCUT2D eigenvalue weighted by molar-refractivity contribution is 5.87. The van der Waals surface area contributed by atoms with E-state index in [0.29, 0.717) is 5.92 Å². The van der Waals surface area contributed by atoms with E-state index in [1.807, 2.05) is 44.2 Å². The fraction of sp³-hybridized carbons (Fsp3) is 0.562. The molecule has 2 unspecified atom stereocenters. The van der Waals surface area contributed by atoms with Gasteiger partial charge < -0.3 is 10.6 Å². The van der Waals surface area contributed by atoms with Crippen LogP contribution in [0.25, 0.3) is 0 Å². The number of benzene rings is 1. The van der Waals surface area contributed by atoms with E-state index in [4.69, 9.17) is 0 Å². The summed E-state index contributed by atoms with van der Waals surface area (Å²) < 4.78 is 0. The molecule has 19 heavy (non-hydrogen) atoms. The summed E-state index contributed by atoms with van der Waals surface area (Å²) >= 11 is 0. The van der Waals surface area contributed by atoms with E-state index >= 15 is 0 Å². The molecule has 2 atom stereocenters. The molecule has 2 N–H and O–H groups in total. The van der Waals surface area contributed by atoms with Gasteiger partial charge in [0, 0.05) is 6.04 Å². The molecule has 104 valence electrons. The molecule has 0 aromatic heterocycles. The molecule has 0 bridgehead atoms. The molecule has 3 nitrogen and oxygen atoms in total. The van der Waals surface area contributed by atoms with Gasteiger partial charge in [0.05, 0.1) is 5.41 Å². The number of hydrogen-bond donors (Lipinski definition) is 2. The summed E-state index contributed by atoms with van der Waals surface area (Å²) in [4.78, 5) is 12.5. The number of amides is 1. The van der Waals surface area contributed by atoms with Gasteiger partial charge in [-0.25, -0.2) is 0 Å². The molecule has 0 spiro atoms. The fourth-order valence-electron chi connectivity index (χ4n) is 2.59. The first-order chi connectivity index (χ1) is 9.01. The normalized spacial score (nSPS) is 21.1. The minimum atomic E-state index is -0.485. The predicted octanol–water partition coefficient (Wildman–Crippen LogP) is 2.08. The van der Waals surface area contributed by atoms with Crippen molar-refractivity contribution in [2.24, 2.45) is 5.92 Å². The van der Waals surface area contributed by atoms with Crippen molar-refractivity contribution in [2.45, 2.75) is 38.6 Å². The van der Waals surface area contributed by atoms with E-state index in [9.17, 15) is 4.79 Å². The number of carbonyl (C=O) groups is 1. The van der Waals surface area contributed by atoms with E-state index in [1.165, 1.54) is 0 Å². The Hall–Kier alpha value is -1.35. The maximum absolute atomic E-state index is 12.5. The quantitative estimate of drug-likeness (QED) is 0.870. The third kappa shape index (κ3) is 3.16. The lowest BCUT2D eigenvalue weighted by atomic mass is 9.83. The van der Waals surface area contributed by atoms with E-state index < -0.39 is 5.41 Å². The van der Waals surface area contributed by atoms with Crippen LogP contribution in [0.3, 0.4) is 0 Å². The average Bonchev–Trinajstić information content (AvgIpc) is 2.93. The van der Waals surface area contributed by atoms with Crippen LogP contribution in [0, 0.1) is 5.92 Å². The van der Waals surface area contributed by atoms with Gasteiger partial charge in [-0.1, -0.05) is 30.3 Å². The van der Waals surface area contributed by atoms with Gasteiger partial charge in [-0.3, -0.25) is 4.79 Å². The zero-order valence-corrected chi connectivity index (χ0v) is 12.1. The Balaban J connectivity index is 2.02. The molecule has 1 saturated heterocycles. The van der Waals surface area contributed by atoms with Crippen molar-refractivity contribution in [2.75, 3.05) is 13.1 Å². The average molecular weight is 260 g/mol. The second-order valence-electron chi connectivity index (χ2n) is 6.01. The number of nitrogens with one attached hydrogen (secondary N) is 2. The van der Waals surface area contributed by atoms with Crippen molar-refractivity contribution in [3.8, 4) is 0 Å². The fourth-order valence-corrected chi connectivity index (χ4v) is 2.59. The second kappa shape index (κ2) is 5.74. The van der Waals surface area contributed by atoms with E-state index in [1.54, 1.807) is 0 Å². The van der Waals surface area contributed by atoms with Crippen LogP contribution >= 0.6 is 0 Å². The summed E-state index contributed by atoms with van der Waals surface area (Å²) in [6.45, 7) is 8.14. The van der Waals surface area contributed by atoms with Gasteiger partial charge in [-0.2, -0.15) is 0 Å². The van der Waals surface area contributed by atoms with Gasteiger partial charge in [-0.05, 0) is 51.8 Å². The van der Waals surface area contributed by atoms with Crippen molar-refractivity contribution in [1.29, 1.82) is 0 Å². The van der Waals surface area contributed by atoms with Crippen molar-refractivity contribution < 1.29 is 4.79 Å². The summed E-state index contributed by atoms with van der Waals surface area (Å²) in [5.74, 6) is 0.661. The molecule has 3 heteroatoms. The van der Waals surface area contributed by atoms with Crippen LogP contribution in [0.1, 0.15) is 32.8 Å². The molecule has 0 aliphatic carbocycles. The van der Waals surface area contributed by atoms with Crippen molar-refractivity contribution in [3.05, 3.63) is 35.9 Å². The van der Waals surface area contributed by atoms with Gasteiger partial charge >= 0.3 is 0 Å². The first kappa shape index (κ1) is 14.1. The lowest BCUT2D eigenvalue weighted by molar-refractivity contribution is -0.126. The van der Waals surface area contributed by atoms with Gasteiger partial charge in [0.1, 0.15) is 0 Å². The van der Waals surface area contributed by atoms with E-state index in [2.05, 4.69) is 17.6 Å². The minimum absolute atomic E-state index is 0.109. The monoisotopic (exact) mass is 260 g/mol. The molecule has 1 aliphatic heterocycles. The smallest absolute Gasteiger partial charge is 0.230 e. The second-order valence-corrected chi connectivity index (χ2v) is 6.01. The van der Waals surface area contributed by atoms with Crippen molar-refractivity contribution in [1.82, 2.24) is 10.6 Å². The highest BCUT2D eigenvalue weighted by atomic mass is 16.2. The number of carbonyl (C=O) groups excluding carboxylic acids is 1. The highest BCUT2D eigenvalue weighted by Gasteiger charge is 2.32. The van der Waals surface area contributed by atoms with Crippen molar-refractivity contribution >= 4 is 5.91 Å². The third-order valence-electron chi connectivity index (χ3n) is 4.23. The molecule has 1 aromatic carbocycles. The molecule has 1 aliphatic rings. The molecule has 0 saturated carbocycles. The Bertz CT molecular complexity index is 422. The first-order valence-electron chi connectivity index (χ1n) is 7.09. The number of rotatable bonds is 4. The molecule has 0 radical (unpaired) electrons. The zero-order valence-electron chi connectivity index (χ0n) is 12.1. The van der Waals surface area contributed by atoms with Crippen LogP contribution in [0.5, 0.6) is 0 Å². The van der Waals surface area contributed by atoms with Crippen LogP contribution in [0.15, 0.2) is 30.3 Å². The standard InChI is InChI=1S/C16H24N2O/c1-12(13-9-10-17-11-13)18-15(19)16(2,3)14-7-5-4-6-8-14/h4-8,12-13,17H,9-11H2,1-3H3,(H,18,19). The predicted molar refractivity (Wildman–Crippen MR) is 78.0 cm³/mol. The Morgan fingerprint density at radius 1 is 1.37 bits per heavy atom. The molecular weight excluding hydrogens is 236 g/mol. The van der Waals surface area contributed by atoms with Crippen LogP contribution in [0.2, 0.25) is 0 Å². The Kier molecular flexibility index (Phi) is 4.25. The topological polar surface area (TPSA) is 41.1 Å². The lowest BCUT2D eigenvalue weighted by Crippen LogP contribution is -2.47. The molecule has 1 heterocycles. The van der Waals surface area contributed by atoms with Crippen LogP contribution in [-0.2, 0) is 10.2 Å². The van der Waals surface area contributed by atoms with Gasteiger partial charge in [0.2, 0.25) is 5.91 Å². The maximum Gasteiger partial charge on any atom is 0.230 e. The summed E-state index contributed by atoms with van der Waals surface area (Å²) in [6.07, 6.45) is 1.15. The SMILES string of the molecule is CC(NC(=O)C(C)(C)c1ccccc1)C1CCNC1. The summed E-state index contributed by atoms with van der Waals surface area (Å²) in [7, 11) is 0. The van der Waals surface area contributed by atoms with E-state index in [-0.39, 0.29) is 11.9 Å². The van der Waals surface area contributed by atoms with Crippen LogP contribution < -0.4 is 10.6 Å². The highest BCUT2D eigenvalue weighted by Crippen LogP contribution is 2.24. The van der Waals surface area contributed by atoms with Gasteiger partial charge in [-0.15, -0.1) is 0 Å². The molecule has 1 fully saturated rings. The Labute approximate surface area is 115 Å². The zero-order chi connectivity index (χ0) is 13.9. The molecule has 1 aromatic rings. The minimum Gasteiger partial charge on any atom is -0.353 e. The Morgan fingerprint density at radius 2 is 2.05 bits per heavy atom. The maximum atomic E-state index is 12.5. The molecular formula is C16H24N2O. The largest absolute Gasteiger partial charge is 0.353 e. The first-order valence-corrected chi connectivity index (χ1v) is 7.09.